The molecule has 2 unspecified atom stereocenters. The van der Waals surface area contributed by atoms with Crippen LogP contribution in [0.5, 0.6) is 23.0 Å². The number of carboxylic acid groups (broad SMARTS) is 2. The lowest BCUT2D eigenvalue weighted by molar-refractivity contribution is 0.0138. The van der Waals surface area contributed by atoms with Crippen molar-refractivity contribution in [1.82, 2.24) is 14.1 Å². The van der Waals surface area contributed by atoms with Crippen LogP contribution in [-0.4, -0.2) is 134 Å². The summed E-state index contributed by atoms with van der Waals surface area (Å²) < 4.78 is 52.4. The molecule has 0 fully saturated rings. The molecule has 17 nitrogen and oxygen atoms in total. The van der Waals surface area contributed by atoms with Crippen LogP contribution in [0.4, 0.5) is 0 Å². The summed E-state index contributed by atoms with van der Waals surface area (Å²) in [4.78, 5) is 42.5. The molecule has 0 aliphatic heterocycles. The highest BCUT2D eigenvalue weighted by Crippen LogP contribution is 2.42. The van der Waals surface area contributed by atoms with Crippen LogP contribution in [0.15, 0.2) is 138 Å². The molecule has 0 bridgehead atoms. The first-order chi connectivity index (χ1) is 42.6. The summed E-state index contributed by atoms with van der Waals surface area (Å²) in [6, 6.07) is 29.2. The third-order valence-electron chi connectivity index (χ3n) is 13.7. The van der Waals surface area contributed by atoms with Crippen molar-refractivity contribution < 1.29 is 67.2 Å². The van der Waals surface area contributed by atoms with Gasteiger partial charge in [-0.3, -0.25) is 0 Å². The van der Waals surface area contributed by atoms with E-state index < -0.39 is 34.1 Å². The van der Waals surface area contributed by atoms with Crippen LogP contribution in [-0.2, 0) is 37.1 Å². The zero-order chi connectivity index (χ0) is 66.2. The number of H-pyrrole nitrogens is 1. The van der Waals surface area contributed by atoms with E-state index in [9.17, 15) is 19.5 Å². The van der Waals surface area contributed by atoms with Crippen molar-refractivity contribution in [2.45, 2.75) is 96.6 Å². The Hall–Kier alpha value is -5.52. The quantitative estimate of drug-likeness (QED) is 0.0204. The van der Waals surface area contributed by atoms with Gasteiger partial charge < -0.3 is 67.0 Å². The predicted octanol–water partition coefficient (Wildman–Crippen LogP) is 17.7. The van der Waals surface area contributed by atoms with Gasteiger partial charge >= 0.3 is 17.9 Å². The van der Waals surface area contributed by atoms with E-state index in [2.05, 4.69) is 72.8 Å². The lowest BCUT2D eigenvalue weighted by Gasteiger charge is -2.22. The SMILES string of the molecule is COC(=O)c1cc2c(Br)cc(Cl)cc2n1COCC[Si](C)(C)C.COC1C=CC(S)=CC1OC.COc1ccc(Sc2cc(Cl)cc3[nH]c(C(=O)O)cc23)cc1OC.COc1ccc(Sc2cc(Cl)cc3c2cc(C(=O)O)n3COCC[Si](C)(C)C)cc1OC. The number of esters is 1. The van der Waals surface area contributed by atoms with Gasteiger partial charge in [-0.05, 0) is 109 Å². The van der Waals surface area contributed by atoms with Crippen LogP contribution >= 0.6 is 86.9 Å². The second-order valence-electron chi connectivity index (χ2n) is 22.5. The maximum Gasteiger partial charge on any atom is 0.354 e. The van der Waals surface area contributed by atoms with E-state index in [-0.39, 0.29) is 30.3 Å². The molecular formula is C64H75BrCl3N3O14S3Si2. The first kappa shape index (κ1) is 73.5. The van der Waals surface area contributed by atoms with Crippen molar-refractivity contribution >= 4 is 154 Å². The van der Waals surface area contributed by atoms with Crippen LogP contribution in [0, 0.1) is 0 Å². The van der Waals surface area contributed by atoms with E-state index in [1.807, 2.05) is 77.4 Å². The lowest BCUT2D eigenvalue weighted by atomic mass is 10.1. The highest BCUT2D eigenvalue weighted by Gasteiger charge is 2.23. The molecule has 0 saturated heterocycles. The molecule has 0 saturated carbocycles. The van der Waals surface area contributed by atoms with Crippen molar-refractivity contribution in [3.8, 4) is 23.0 Å². The van der Waals surface area contributed by atoms with Gasteiger partial charge in [-0.15, -0.1) is 12.6 Å². The number of fused-ring (bicyclic) bond motifs is 3. The summed E-state index contributed by atoms with van der Waals surface area (Å²) >= 11 is 29.4. The van der Waals surface area contributed by atoms with Crippen molar-refractivity contribution in [2.24, 2.45) is 0 Å². The van der Waals surface area contributed by atoms with Crippen molar-refractivity contribution in [3.05, 3.63) is 151 Å². The largest absolute Gasteiger partial charge is 0.493 e. The van der Waals surface area contributed by atoms with E-state index in [1.54, 1.807) is 83.6 Å². The number of thiol groups is 1. The summed E-state index contributed by atoms with van der Waals surface area (Å²) in [6.45, 7) is 15.5. The summed E-state index contributed by atoms with van der Waals surface area (Å²) in [7, 11) is 8.65. The van der Waals surface area contributed by atoms with E-state index in [0.717, 1.165) is 68.2 Å². The number of carboxylic acids is 2. The maximum atomic E-state index is 12.1. The summed E-state index contributed by atoms with van der Waals surface area (Å²) in [5.74, 6) is 0.128. The molecule has 5 aromatic carbocycles. The standard InChI is InChI=1S/C23H28ClNO5SSi.C17H14ClNO4S.C16H21BrClNO3Si.C8H12O2S/c1-28-20-7-6-16(12-21(20)29-2)31-22-11-15(24)10-18-17(22)13-19(23(26)27)25(18)14-30-8-9-32(3,4)5;1-22-14-4-3-10(7-15(14)23-2)24-16-6-9(18)5-12-11(16)8-13(19-12)17(20)21;1-21-16(20)15-9-12-13(17)7-11(18)8-14(12)19(15)10-22-5-6-23(2,3)4;1-9-7-4-3-6(11)5-8(7)10-2/h6-7,10-13H,8-9,14H2,1-5H3,(H,26,27);3-8,19H,1-2H3,(H,20,21);7-9H,5-6,10H2,1-4H3;3-5,7-8,11H,1-2H3. The summed E-state index contributed by atoms with van der Waals surface area (Å²) in [6.07, 6.45) is 5.80. The zero-order valence-corrected chi connectivity index (χ0v) is 60.6. The van der Waals surface area contributed by atoms with Crippen LogP contribution in [0.3, 0.4) is 0 Å². The van der Waals surface area contributed by atoms with Gasteiger partial charge in [0, 0.05) is 109 Å². The second-order valence-corrected chi connectivity index (χ2v) is 38.7. The van der Waals surface area contributed by atoms with Gasteiger partial charge in [-0.1, -0.05) is 126 Å². The molecular weight excluding hydrogens is 1370 g/mol. The highest BCUT2D eigenvalue weighted by atomic mass is 79.9. The Labute approximate surface area is 564 Å². The molecule has 484 valence electrons. The molecule has 1 aliphatic carbocycles. The normalized spacial score (nSPS) is 13.8. The molecule has 1 aliphatic rings. The van der Waals surface area contributed by atoms with Crippen LogP contribution < -0.4 is 18.9 Å². The molecule has 3 aromatic heterocycles. The minimum atomic E-state index is -1.24. The number of nitrogens with zero attached hydrogens (tertiary/aromatic N) is 2. The lowest BCUT2D eigenvalue weighted by Crippen LogP contribution is -2.28. The predicted molar refractivity (Wildman–Crippen MR) is 374 cm³/mol. The average molecular weight is 1450 g/mol. The van der Waals surface area contributed by atoms with Crippen LogP contribution in [0.2, 0.25) is 66.4 Å². The number of hydrogen-bond donors (Lipinski definition) is 4. The molecule has 9 rings (SSSR count). The van der Waals surface area contributed by atoms with Gasteiger partial charge in [0.2, 0.25) is 0 Å². The van der Waals surface area contributed by atoms with Gasteiger partial charge in [0.05, 0.1) is 46.6 Å². The molecule has 8 aromatic rings. The summed E-state index contributed by atoms with van der Waals surface area (Å²) in [5, 5.41) is 23.1. The molecule has 0 spiro atoms. The number of aromatic amines is 1. The minimum Gasteiger partial charge on any atom is -0.493 e. The Bertz CT molecular complexity index is 3880. The molecule has 90 heavy (non-hydrogen) atoms. The highest BCUT2D eigenvalue weighted by molar-refractivity contribution is 9.10. The third-order valence-corrected chi connectivity index (χ3v) is 20.8. The number of aromatic carboxylic acids is 2. The van der Waals surface area contributed by atoms with Crippen LogP contribution in [0.25, 0.3) is 32.7 Å². The first-order valence-corrected chi connectivity index (χ1v) is 39.3. The number of ether oxygens (including phenoxy) is 9. The Morgan fingerprint density at radius 1 is 0.589 bits per heavy atom. The number of rotatable bonds is 23. The minimum absolute atomic E-state index is 0.00231. The maximum absolute atomic E-state index is 12.1. The molecule has 3 heterocycles. The van der Waals surface area contributed by atoms with E-state index in [1.165, 1.54) is 30.6 Å². The monoisotopic (exact) mass is 1450 g/mol. The number of allylic oxidation sites excluding steroid dienone is 1. The van der Waals surface area contributed by atoms with E-state index >= 15 is 0 Å². The second kappa shape index (κ2) is 33.9. The zero-order valence-electron chi connectivity index (χ0n) is 52.3. The number of methoxy groups -OCH3 is 7. The fourth-order valence-corrected chi connectivity index (χ4v) is 14.1. The number of carbonyl (C=O) groups is 3. The number of halogens is 4. The number of aromatic nitrogens is 3. The smallest absolute Gasteiger partial charge is 0.354 e. The molecule has 26 heteroatoms. The molecule has 3 N–H and O–H groups in total. The number of benzene rings is 5. The van der Waals surface area contributed by atoms with Gasteiger partial charge in [0.25, 0.3) is 0 Å². The van der Waals surface area contributed by atoms with Crippen molar-refractivity contribution in [1.29, 1.82) is 0 Å². The van der Waals surface area contributed by atoms with E-state index in [4.69, 9.17) is 82.5 Å². The Morgan fingerprint density at radius 3 is 1.54 bits per heavy atom. The molecule has 0 radical (unpaired) electrons. The number of hydrogen-bond acceptors (Lipinski definition) is 15. The topological polar surface area (TPSA) is 200 Å². The van der Waals surface area contributed by atoms with E-state index in [0.29, 0.717) is 69.2 Å². The molecule has 0 amide bonds. The number of nitrogens with one attached hydrogen (secondary N) is 1. The average Bonchev–Trinajstić information content (AvgIpc) is 1.64. The van der Waals surface area contributed by atoms with Gasteiger partial charge in [-0.2, -0.15) is 0 Å². The fourth-order valence-electron chi connectivity index (χ4n) is 8.88. The van der Waals surface area contributed by atoms with Gasteiger partial charge in [0.15, 0.2) is 23.0 Å². The number of carbonyl (C=O) groups excluding carboxylic acids is 1. The third kappa shape index (κ3) is 20.5. The first-order valence-electron chi connectivity index (χ1n) is 27.9. The van der Waals surface area contributed by atoms with Crippen molar-refractivity contribution in [3.63, 3.8) is 0 Å². The fraction of sp³-hybridized carbons (Fsp3) is 0.328. The summed E-state index contributed by atoms with van der Waals surface area (Å²) in [5.41, 5.74) is 3.01. The molecule has 2 atom stereocenters. The van der Waals surface area contributed by atoms with Crippen molar-refractivity contribution in [2.75, 3.05) is 63.0 Å². The Morgan fingerprint density at radius 2 is 1.07 bits per heavy atom. The van der Waals surface area contributed by atoms with Gasteiger partial charge in [-0.25, -0.2) is 14.4 Å². The van der Waals surface area contributed by atoms with Crippen LogP contribution in [0.1, 0.15) is 31.5 Å². The Balaban J connectivity index is 0.000000201. The van der Waals surface area contributed by atoms with Gasteiger partial charge in [0.1, 0.15) is 42.8 Å². The Kier molecular flexibility index (Phi) is 27.7.